The maximum Gasteiger partial charge on any atom is 0.203 e. The Morgan fingerprint density at radius 1 is 1.11 bits per heavy atom. The SMILES string of the molecule is CN(Cc1ccccc1Br)c1nc2ccccc2[nH]1. The van der Waals surface area contributed by atoms with Crippen LogP contribution in [0.4, 0.5) is 5.95 Å². The Morgan fingerprint density at radius 3 is 2.63 bits per heavy atom. The average molecular weight is 316 g/mol. The highest BCUT2D eigenvalue weighted by atomic mass is 79.9. The lowest BCUT2D eigenvalue weighted by Gasteiger charge is -2.16. The number of aromatic nitrogens is 2. The van der Waals surface area contributed by atoms with Crippen LogP contribution in [0.25, 0.3) is 11.0 Å². The van der Waals surface area contributed by atoms with Crippen molar-refractivity contribution in [1.29, 1.82) is 0 Å². The minimum atomic E-state index is 0.807. The molecule has 0 amide bonds. The van der Waals surface area contributed by atoms with Crippen LogP contribution in [-0.2, 0) is 6.54 Å². The lowest BCUT2D eigenvalue weighted by atomic mass is 10.2. The smallest absolute Gasteiger partial charge is 0.203 e. The second-order valence-corrected chi connectivity index (χ2v) is 5.38. The van der Waals surface area contributed by atoms with Crippen LogP contribution in [0.5, 0.6) is 0 Å². The van der Waals surface area contributed by atoms with E-state index in [1.807, 2.05) is 43.4 Å². The standard InChI is InChI=1S/C15H14BrN3/c1-19(10-11-6-2-3-7-12(11)16)15-17-13-8-4-5-9-14(13)18-15/h2-9H,10H2,1H3,(H,17,18). The molecule has 0 atom stereocenters. The summed E-state index contributed by atoms with van der Waals surface area (Å²) in [6.45, 7) is 0.807. The number of anilines is 1. The monoisotopic (exact) mass is 315 g/mol. The van der Waals surface area contributed by atoms with E-state index in [9.17, 15) is 0 Å². The minimum absolute atomic E-state index is 0.807. The highest BCUT2D eigenvalue weighted by molar-refractivity contribution is 9.10. The van der Waals surface area contributed by atoms with Crippen molar-refractivity contribution in [2.75, 3.05) is 11.9 Å². The van der Waals surface area contributed by atoms with E-state index in [-0.39, 0.29) is 0 Å². The predicted octanol–water partition coefficient (Wildman–Crippen LogP) is 3.96. The molecule has 0 aliphatic heterocycles. The lowest BCUT2D eigenvalue weighted by molar-refractivity contribution is 0.881. The van der Waals surface area contributed by atoms with Crippen molar-refractivity contribution in [1.82, 2.24) is 9.97 Å². The molecule has 0 aliphatic rings. The molecule has 2 aromatic carbocycles. The zero-order chi connectivity index (χ0) is 13.2. The number of nitrogens with zero attached hydrogens (tertiary/aromatic N) is 2. The Balaban J connectivity index is 1.87. The van der Waals surface area contributed by atoms with Crippen molar-refractivity contribution < 1.29 is 0 Å². The number of halogens is 1. The molecule has 19 heavy (non-hydrogen) atoms. The third-order valence-corrected chi connectivity index (χ3v) is 3.88. The van der Waals surface area contributed by atoms with Gasteiger partial charge >= 0.3 is 0 Å². The van der Waals surface area contributed by atoms with Crippen molar-refractivity contribution in [3.05, 3.63) is 58.6 Å². The lowest BCUT2D eigenvalue weighted by Crippen LogP contribution is -2.17. The topological polar surface area (TPSA) is 31.9 Å². The summed E-state index contributed by atoms with van der Waals surface area (Å²) in [5.74, 6) is 0.886. The number of hydrogen-bond acceptors (Lipinski definition) is 2. The number of hydrogen-bond donors (Lipinski definition) is 1. The molecule has 4 heteroatoms. The molecule has 0 fully saturated rings. The summed E-state index contributed by atoms with van der Waals surface area (Å²) in [4.78, 5) is 10.0. The molecule has 0 radical (unpaired) electrons. The van der Waals surface area contributed by atoms with Gasteiger partial charge in [-0.1, -0.05) is 46.3 Å². The van der Waals surface area contributed by atoms with E-state index in [1.54, 1.807) is 0 Å². The molecule has 1 heterocycles. The first-order valence-corrected chi connectivity index (χ1v) is 6.92. The summed E-state index contributed by atoms with van der Waals surface area (Å²) in [5.41, 5.74) is 3.30. The number of imidazole rings is 1. The number of nitrogens with one attached hydrogen (secondary N) is 1. The Morgan fingerprint density at radius 2 is 1.84 bits per heavy atom. The number of benzene rings is 2. The molecule has 3 nitrogen and oxygen atoms in total. The van der Waals surface area contributed by atoms with Crippen LogP contribution in [0.3, 0.4) is 0 Å². The Labute approximate surface area is 120 Å². The molecule has 0 bridgehead atoms. The molecular formula is C15H14BrN3. The molecule has 0 spiro atoms. The van der Waals surface area contributed by atoms with Gasteiger partial charge in [-0.2, -0.15) is 0 Å². The van der Waals surface area contributed by atoms with Gasteiger partial charge in [-0.3, -0.25) is 0 Å². The summed E-state index contributed by atoms with van der Waals surface area (Å²) < 4.78 is 1.12. The van der Waals surface area contributed by atoms with Gasteiger partial charge in [0.1, 0.15) is 0 Å². The zero-order valence-electron chi connectivity index (χ0n) is 10.6. The Kier molecular flexibility index (Phi) is 3.25. The highest BCUT2D eigenvalue weighted by Gasteiger charge is 2.09. The van der Waals surface area contributed by atoms with Gasteiger partial charge in [-0.05, 0) is 23.8 Å². The van der Waals surface area contributed by atoms with Crippen LogP contribution in [0.15, 0.2) is 53.0 Å². The summed E-state index contributed by atoms with van der Waals surface area (Å²) in [6.07, 6.45) is 0. The van der Waals surface area contributed by atoms with Crippen molar-refractivity contribution in [3.63, 3.8) is 0 Å². The molecule has 0 saturated heterocycles. The van der Waals surface area contributed by atoms with E-state index in [0.29, 0.717) is 0 Å². The average Bonchev–Trinajstić information content (AvgIpc) is 2.85. The summed E-state index contributed by atoms with van der Waals surface area (Å²) in [7, 11) is 2.04. The van der Waals surface area contributed by atoms with Crippen LogP contribution < -0.4 is 4.90 Å². The fourth-order valence-electron chi connectivity index (χ4n) is 2.08. The summed E-state index contributed by atoms with van der Waals surface area (Å²) in [6, 6.07) is 16.3. The summed E-state index contributed by atoms with van der Waals surface area (Å²) >= 11 is 3.57. The first kappa shape index (κ1) is 12.2. The van der Waals surface area contributed by atoms with Gasteiger partial charge in [0.05, 0.1) is 11.0 Å². The quantitative estimate of drug-likeness (QED) is 0.793. The van der Waals surface area contributed by atoms with Crippen LogP contribution in [0.2, 0.25) is 0 Å². The van der Waals surface area contributed by atoms with Crippen molar-refractivity contribution in [2.24, 2.45) is 0 Å². The van der Waals surface area contributed by atoms with Crippen LogP contribution in [0.1, 0.15) is 5.56 Å². The van der Waals surface area contributed by atoms with Crippen molar-refractivity contribution in [2.45, 2.75) is 6.54 Å². The number of para-hydroxylation sites is 2. The van der Waals surface area contributed by atoms with Gasteiger partial charge in [0.25, 0.3) is 0 Å². The number of rotatable bonds is 3. The fraction of sp³-hybridized carbons (Fsp3) is 0.133. The third-order valence-electron chi connectivity index (χ3n) is 3.10. The Hall–Kier alpha value is -1.81. The van der Waals surface area contributed by atoms with Gasteiger partial charge in [0.15, 0.2) is 0 Å². The molecular weight excluding hydrogens is 302 g/mol. The van der Waals surface area contributed by atoms with Gasteiger partial charge in [0, 0.05) is 18.1 Å². The van der Waals surface area contributed by atoms with Crippen LogP contribution in [0, 0.1) is 0 Å². The largest absolute Gasteiger partial charge is 0.341 e. The number of aromatic amines is 1. The first-order valence-electron chi connectivity index (χ1n) is 6.13. The predicted molar refractivity (Wildman–Crippen MR) is 82.3 cm³/mol. The fourth-order valence-corrected chi connectivity index (χ4v) is 2.49. The second kappa shape index (κ2) is 5.05. The van der Waals surface area contributed by atoms with Gasteiger partial charge < -0.3 is 9.88 Å². The highest BCUT2D eigenvalue weighted by Crippen LogP contribution is 2.21. The molecule has 96 valence electrons. The maximum atomic E-state index is 4.59. The van der Waals surface area contributed by atoms with Crippen molar-refractivity contribution >= 4 is 32.9 Å². The molecule has 1 aromatic heterocycles. The van der Waals surface area contributed by atoms with Crippen molar-refractivity contribution in [3.8, 4) is 0 Å². The molecule has 0 aliphatic carbocycles. The van der Waals surface area contributed by atoms with Gasteiger partial charge in [-0.15, -0.1) is 0 Å². The molecule has 3 rings (SSSR count). The van der Waals surface area contributed by atoms with E-state index < -0.39 is 0 Å². The minimum Gasteiger partial charge on any atom is -0.341 e. The van der Waals surface area contributed by atoms with E-state index in [0.717, 1.165) is 28.0 Å². The van der Waals surface area contributed by atoms with Gasteiger partial charge in [-0.25, -0.2) is 4.98 Å². The maximum absolute atomic E-state index is 4.59. The zero-order valence-corrected chi connectivity index (χ0v) is 12.2. The number of fused-ring (bicyclic) bond motifs is 1. The number of H-pyrrole nitrogens is 1. The normalized spacial score (nSPS) is 10.8. The molecule has 0 saturated carbocycles. The first-order chi connectivity index (χ1) is 9.24. The van der Waals surface area contributed by atoms with E-state index >= 15 is 0 Å². The second-order valence-electron chi connectivity index (χ2n) is 4.53. The Bertz CT molecular complexity index is 672. The molecule has 0 unspecified atom stereocenters. The van der Waals surface area contributed by atoms with E-state index in [1.165, 1.54) is 5.56 Å². The van der Waals surface area contributed by atoms with E-state index in [4.69, 9.17) is 0 Å². The molecule has 3 aromatic rings. The van der Waals surface area contributed by atoms with Crippen LogP contribution in [-0.4, -0.2) is 17.0 Å². The molecule has 1 N–H and O–H groups in total. The van der Waals surface area contributed by atoms with E-state index in [2.05, 4.69) is 42.9 Å². The summed E-state index contributed by atoms with van der Waals surface area (Å²) in [5, 5.41) is 0. The van der Waals surface area contributed by atoms with Gasteiger partial charge in [0.2, 0.25) is 5.95 Å². The van der Waals surface area contributed by atoms with Crippen LogP contribution >= 0.6 is 15.9 Å². The third kappa shape index (κ3) is 2.49.